The topological polar surface area (TPSA) is 28.4 Å². The van der Waals surface area contributed by atoms with Crippen LogP contribution in [-0.4, -0.2) is 31.1 Å². The van der Waals surface area contributed by atoms with Crippen molar-refractivity contribution >= 4 is 0 Å². The fourth-order valence-electron chi connectivity index (χ4n) is 2.66. The molecule has 0 spiro atoms. The Morgan fingerprint density at radius 1 is 1.28 bits per heavy atom. The van der Waals surface area contributed by atoms with Crippen molar-refractivity contribution in [3.05, 3.63) is 24.2 Å². The molecule has 3 nitrogen and oxygen atoms in total. The molecule has 1 aromatic heterocycles. The van der Waals surface area contributed by atoms with Crippen LogP contribution in [0.4, 0.5) is 0 Å². The lowest BCUT2D eigenvalue weighted by Gasteiger charge is -2.29. The maximum absolute atomic E-state index is 5.40. The van der Waals surface area contributed by atoms with Crippen molar-refractivity contribution in [2.45, 2.75) is 39.2 Å². The fourth-order valence-corrected chi connectivity index (χ4v) is 2.66. The van der Waals surface area contributed by atoms with E-state index in [1.807, 2.05) is 12.1 Å². The Balaban J connectivity index is 1.66. The minimum absolute atomic E-state index is 0.309. The lowest BCUT2D eigenvalue weighted by atomic mass is 10.1. The average molecular weight is 250 g/mol. The first-order valence-corrected chi connectivity index (χ1v) is 7.25. The van der Waals surface area contributed by atoms with E-state index in [0.717, 1.165) is 12.3 Å². The highest BCUT2D eigenvalue weighted by Crippen LogP contribution is 2.14. The van der Waals surface area contributed by atoms with Gasteiger partial charge in [0.05, 0.1) is 12.3 Å². The van der Waals surface area contributed by atoms with Gasteiger partial charge in [0, 0.05) is 6.54 Å². The molecule has 1 aliphatic heterocycles. The van der Waals surface area contributed by atoms with Gasteiger partial charge >= 0.3 is 0 Å². The average Bonchev–Trinajstić information content (AvgIpc) is 2.91. The van der Waals surface area contributed by atoms with E-state index in [1.165, 1.54) is 38.9 Å². The van der Waals surface area contributed by atoms with Gasteiger partial charge in [-0.3, -0.25) is 0 Å². The standard InChI is InChI=1S/C15H26N2O/c1-13(12-17-8-4-3-5-9-17)11-16-14(2)15-7-6-10-18-15/h6-7,10,13-14,16H,3-5,8-9,11-12H2,1-2H3. The molecule has 0 aromatic carbocycles. The summed E-state index contributed by atoms with van der Waals surface area (Å²) < 4.78 is 5.40. The third-order valence-corrected chi connectivity index (χ3v) is 3.76. The molecule has 0 radical (unpaired) electrons. The number of piperidine rings is 1. The van der Waals surface area contributed by atoms with Gasteiger partial charge in [-0.15, -0.1) is 0 Å². The van der Waals surface area contributed by atoms with Gasteiger partial charge in [0.15, 0.2) is 0 Å². The van der Waals surface area contributed by atoms with Crippen LogP contribution >= 0.6 is 0 Å². The largest absolute Gasteiger partial charge is 0.468 e. The maximum Gasteiger partial charge on any atom is 0.120 e. The molecule has 1 aliphatic rings. The van der Waals surface area contributed by atoms with Crippen LogP contribution in [0.25, 0.3) is 0 Å². The first kappa shape index (κ1) is 13.6. The molecule has 2 atom stereocenters. The number of nitrogens with one attached hydrogen (secondary N) is 1. The van der Waals surface area contributed by atoms with E-state index in [1.54, 1.807) is 6.26 Å². The number of likely N-dealkylation sites (tertiary alicyclic amines) is 1. The molecular weight excluding hydrogens is 224 g/mol. The second-order valence-corrected chi connectivity index (χ2v) is 5.61. The molecule has 18 heavy (non-hydrogen) atoms. The molecule has 2 heterocycles. The predicted molar refractivity (Wildman–Crippen MR) is 74.6 cm³/mol. The molecule has 0 amide bonds. The normalized spacial score (nSPS) is 20.8. The van der Waals surface area contributed by atoms with Gasteiger partial charge in [-0.2, -0.15) is 0 Å². The summed E-state index contributed by atoms with van der Waals surface area (Å²) in [4.78, 5) is 2.60. The van der Waals surface area contributed by atoms with E-state index >= 15 is 0 Å². The van der Waals surface area contributed by atoms with Gasteiger partial charge < -0.3 is 14.6 Å². The Morgan fingerprint density at radius 2 is 2.06 bits per heavy atom. The summed E-state index contributed by atoms with van der Waals surface area (Å²) in [5.74, 6) is 1.72. The van der Waals surface area contributed by atoms with Crippen LogP contribution < -0.4 is 5.32 Å². The van der Waals surface area contributed by atoms with Crippen molar-refractivity contribution in [3.8, 4) is 0 Å². The lowest BCUT2D eigenvalue weighted by molar-refractivity contribution is 0.197. The van der Waals surface area contributed by atoms with Crippen LogP contribution in [0.2, 0.25) is 0 Å². The highest BCUT2D eigenvalue weighted by atomic mass is 16.3. The number of nitrogens with zero attached hydrogens (tertiary/aromatic N) is 1. The van der Waals surface area contributed by atoms with Gasteiger partial charge in [-0.1, -0.05) is 13.3 Å². The summed E-state index contributed by atoms with van der Waals surface area (Å²) in [5, 5.41) is 3.55. The SMILES string of the molecule is CC(CNC(C)c1ccco1)CN1CCCCC1. The van der Waals surface area contributed by atoms with Crippen LogP contribution in [0, 0.1) is 5.92 Å². The molecule has 1 N–H and O–H groups in total. The number of hydrogen-bond acceptors (Lipinski definition) is 3. The smallest absolute Gasteiger partial charge is 0.120 e. The number of rotatable bonds is 6. The quantitative estimate of drug-likeness (QED) is 0.841. The zero-order valence-corrected chi connectivity index (χ0v) is 11.7. The summed E-state index contributed by atoms with van der Waals surface area (Å²) in [6, 6.07) is 4.29. The van der Waals surface area contributed by atoms with E-state index in [0.29, 0.717) is 12.0 Å². The fraction of sp³-hybridized carbons (Fsp3) is 0.733. The number of hydrogen-bond donors (Lipinski definition) is 1. The van der Waals surface area contributed by atoms with Crippen molar-refractivity contribution in [2.24, 2.45) is 5.92 Å². The van der Waals surface area contributed by atoms with Crippen LogP contribution in [-0.2, 0) is 0 Å². The Hall–Kier alpha value is -0.800. The molecule has 1 saturated heterocycles. The Bertz CT molecular complexity index is 317. The van der Waals surface area contributed by atoms with Crippen molar-refractivity contribution in [1.82, 2.24) is 10.2 Å². The van der Waals surface area contributed by atoms with Gasteiger partial charge in [0.1, 0.15) is 5.76 Å². The molecule has 0 bridgehead atoms. The Kier molecular flexibility index (Phi) is 5.26. The van der Waals surface area contributed by atoms with Gasteiger partial charge in [0.25, 0.3) is 0 Å². The van der Waals surface area contributed by atoms with E-state index in [4.69, 9.17) is 4.42 Å². The highest BCUT2D eigenvalue weighted by Gasteiger charge is 2.14. The van der Waals surface area contributed by atoms with E-state index < -0.39 is 0 Å². The molecule has 1 aromatic rings. The molecule has 1 fully saturated rings. The van der Waals surface area contributed by atoms with Crippen molar-refractivity contribution in [1.29, 1.82) is 0 Å². The minimum atomic E-state index is 0.309. The Morgan fingerprint density at radius 3 is 2.72 bits per heavy atom. The summed E-state index contributed by atoms with van der Waals surface area (Å²) in [6.45, 7) is 9.34. The lowest BCUT2D eigenvalue weighted by Crippen LogP contribution is -2.37. The Labute approximate surface area is 111 Å². The molecule has 3 heteroatoms. The molecule has 2 unspecified atom stereocenters. The van der Waals surface area contributed by atoms with Crippen molar-refractivity contribution < 1.29 is 4.42 Å². The second-order valence-electron chi connectivity index (χ2n) is 5.61. The highest BCUT2D eigenvalue weighted by molar-refractivity contribution is 5.02. The molecule has 102 valence electrons. The molecule has 0 saturated carbocycles. The third kappa shape index (κ3) is 4.14. The first-order chi connectivity index (χ1) is 8.75. The first-order valence-electron chi connectivity index (χ1n) is 7.25. The summed E-state index contributed by atoms with van der Waals surface area (Å²) >= 11 is 0. The van der Waals surface area contributed by atoms with Crippen LogP contribution in [0.1, 0.15) is 44.9 Å². The zero-order valence-electron chi connectivity index (χ0n) is 11.7. The van der Waals surface area contributed by atoms with Gasteiger partial charge in [-0.05, 0) is 57.5 Å². The van der Waals surface area contributed by atoms with E-state index in [9.17, 15) is 0 Å². The number of furan rings is 1. The van der Waals surface area contributed by atoms with Gasteiger partial charge in [-0.25, -0.2) is 0 Å². The predicted octanol–water partition coefficient (Wildman–Crippen LogP) is 3.05. The zero-order chi connectivity index (χ0) is 12.8. The second kappa shape index (κ2) is 6.95. The van der Waals surface area contributed by atoms with Crippen LogP contribution in [0.3, 0.4) is 0 Å². The van der Waals surface area contributed by atoms with Crippen molar-refractivity contribution in [2.75, 3.05) is 26.2 Å². The van der Waals surface area contributed by atoms with Crippen molar-refractivity contribution in [3.63, 3.8) is 0 Å². The van der Waals surface area contributed by atoms with Gasteiger partial charge in [0.2, 0.25) is 0 Å². The summed E-state index contributed by atoms with van der Waals surface area (Å²) in [6.07, 6.45) is 5.91. The third-order valence-electron chi connectivity index (χ3n) is 3.76. The monoisotopic (exact) mass is 250 g/mol. The van der Waals surface area contributed by atoms with E-state index in [2.05, 4.69) is 24.1 Å². The molecule has 0 aliphatic carbocycles. The van der Waals surface area contributed by atoms with Crippen LogP contribution in [0.5, 0.6) is 0 Å². The maximum atomic E-state index is 5.40. The summed E-state index contributed by atoms with van der Waals surface area (Å²) in [5.41, 5.74) is 0. The molecular formula is C15H26N2O. The summed E-state index contributed by atoms with van der Waals surface area (Å²) in [7, 11) is 0. The van der Waals surface area contributed by atoms with E-state index in [-0.39, 0.29) is 0 Å². The molecule has 2 rings (SSSR count). The minimum Gasteiger partial charge on any atom is -0.468 e. The van der Waals surface area contributed by atoms with Crippen LogP contribution in [0.15, 0.2) is 22.8 Å².